The Balaban J connectivity index is 0.690. The number of carbonyl (C=O) groups is 6. The number of ketones is 1. The van der Waals surface area contributed by atoms with Crippen LogP contribution in [0.4, 0.5) is 17.3 Å². The Hall–Kier alpha value is -7.70. The van der Waals surface area contributed by atoms with Gasteiger partial charge in [-0.1, -0.05) is 29.8 Å². The molecule has 0 saturated carbocycles. The van der Waals surface area contributed by atoms with E-state index in [2.05, 4.69) is 40.3 Å². The number of likely N-dealkylation sites (tertiary alicyclic amines) is 1. The molecule has 10 rings (SSSR count). The number of H-pyrrole nitrogens is 1. The minimum atomic E-state index is -0.774. The zero-order chi connectivity index (χ0) is 50.6. The summed E-state index contributed by atoms with van der Waals surface area (Å²) in [5, 5.41) is 6.61. The molecular weight excluding hydrogens is 950 g/mol. The van der Waals surface area contributed by atoms with Crippen LogP contribution in [0.15, 0.2) is 97.6 Å². The third-order valence-electron chi connectivity index (χ3n) is 14.5. The molecule has 3 aromatic heterocycles. The summed E-state index contributed by atoms with van der Waals surface area (Å²) in [6.07, 6.45) is 9.47. The van der Waals surface area contributed by atoms with Crippen molar-refractivity contribution < 1.29 is 33.5 Å². The lowest BCUT2D eigenvalue weighted by atomic mass is 9.95. The lowest BCUT2D eigenvalue weighted by molar-refractivity contribution is -0.136. The second-order valence-electron chi connectivity index (χ2n) is 19.2. The molecule has 2 unspecified atom stereocenters. The van der Waals surface area contributed by atoms with Crippen LogP contribution in [-0.4, -0.2) is 148 Å². The minimum Gasteiger partial charge on any atom is -0.457 e. The number of nitrogens with one attached hydrogen (secondary N) is 3. The lowest BCUT2D eigenvalue weighted by Crippen LogP contribution is -2.53. The number of amides is 4. The highest BCUT2D eigenvalue weighted by Gasteiger charge is 2.34. The predicted octanol–water partition coefficient (Wildman–Crippen LogP) is 6.47. The average molecular weight is 1010 g/mol. The molecule has 3 aromatic carbocycles. The zero-order valence-electron chi connectivity index (χ0n) is 40.5. The number of imide groups is 1. The zero-order valence-corrected chi connectivity index (χ0v) is 41.2. The van der Waals surface area contributed by atoms with Crippen molar-refractivity contribution in [2.45, 2.75) is 50.6 Å². The quantitative estimate of drug-likeness (QED) is 0.0608. The molecule has 4 saturated heterocycles. The predicted molar refractivity (Wildman–Crippen MR) is 276 cm³/mol. The van der Waals surface area contributed by atoms with E-state index in [-0.39, 0.29) is 52.6 Å². The van der Waals surface area contributed by atoms with E-state index in [9.17, 15) is 28.8 Å². The Kier molecular flexibility index (Phi) is 14.4. The fourth-order valence-corrected chi connectivity index (χ4v) is 10.7. The van der Waals surface area contributed by atoms with E-state index in [4.69, 9.17) is 21.3 Å². The number of para-hydroxylation sites is 1. The number of aromatic nitrogens is 4. The van der Waals surface area contributed by atoms with E-state index in [0.29, 0.717) is 70.3 Å². The van der Waals surface area contributed by atoms with Gasteiger partial charge in [0, 0.05) is 114 Å². The van der Waals surface area contributed by atoms with Crippen LogP contribution in [0.3, 0.4) is 0 Å². The number of aromatic amines is 1. The monoisotopic (exact) mass is 1010 g/mol. The van der Waals surface area contributed by atoms with Crippen molar-refractivity contribution in [1.82, 2.24) is 40.0 Å². The number of pyridine rings is 1. The van der Waals surface area contributed by atoms with E-state index >= 15 is 0 Å². The Morgan fingerprint density at radius 1 is 0.836 bits per heavy atom. The van der Waals surface area contributed by atoms with E-state index in [0.717, 1.165) is 83.0 Å². The van der Waals surface area contributed by atoms with Crippen molar-refractivity contribution in [3.05, 3.63) is 130 Å². The van der Waals surface area contributed by atoms with Crippen molar-refractivity contribution in [1.29, 1.82) is 0 Å². The Bertz CT molecular complexity index is 3050. The van der Waals surface area contributed by atoms with Gasteiger partial charge in [-0.05, 0) is 92.6 Å². The summed E-state index contributed by atoms with van der Waals surface area (Å²) in [5.74, 6) is 1.38. The number of halogens is 1. The van der Waals surface area contributed by atoms with Crippen LogP contribution >= 0.6 is 11.6 Å². The second-order valence-corrected chi connectivity index (χ2v) is 19.6. The second kappa shape index (κ2) is 21.6. The average Bonchev–Trinajstić information content (AvgIpc) is 3.86. The number of rotatable bonds is 14. The molecule has 4 fully saturated rings. The molecular formula is C54H56ClN11O7. The van der Waals surface area contributed by atoms with Crippen molar-refractivity contribution in [3.8, 4) is 11.5 Å². The first-order valence-electron chi connectivity index (χ1n) is 24.8. The van der Waals surface area contributed by atoms with Crippen LogP contribution in [0.1, 0.15) is 85.5 Å². The number of carbonyl (C=O) groups excluding carboxylic acids is 6. The maximum absolute atomic E-state index is 14.0. The molecule has 4 aliphatic rings. The third-order valence-corrected chi connectivity index (χ3v) is 14.8. The first-order chi connectivity index (χ1) is 35.5. The van der Waals surface area contributed by atoms with Gasteiger partial charge in [-0.25, -0.2) is 15.0 Å². The van der Waals surface area contributed by atoms with Gasteiger partial charge < -0.3 is 34.6 Å². The Morgan fingerprint density at radius 2 is 1.63 bits per heavy atom. The van der Waals surface area contributed by atoms with Crippen molar-refractivity contribution in [3.63, 3.8) is 0 Å². The normalized spacial score (nSPS) is 18.8. The number of likely N-dealkylation sites (N-methyl/N-ethyl adjacent to an activating group) is 1. The van der Waals surface area contributed by atoms with Gasteiger partial charge in [0.15, 0.2) is 12.1 Å². The summed E-state index contributed by atoms with van der Waals surface area (Å²) in [7, 11) is 1.52. The van der Waals surface area contributed by atoms with Gasteiger partial charge in [0.2, 0.25) is 11.8 Å². The molecule has 0 spiro atoms. The molecule has 7 heterocycles. The SMILES string of the molecule is CN(C(=O)c1ccc(N2CCN(CC3CCN(c4ccc(C(=O)N5CCCC(Nc6ncnc7[nH]cc(C(=O)c8ccc(Oc9ccccc9)cc8Cl)c67)C5)cn4)CC3)CC2)cc1C=O)C1CCC(=O)NC1=O. The largest absolute Gasteiger partial charge is 0.457 e. The molecule has 376 valence electrons. The number of piperazine rings is 1. The molecule has 3 N–H and O–H groups in total. The molecule has 18 nitrogen and oxygen atoms in total. The molecule has 4 aliphatic heterocycles. The number of piperidine rings is 3. The number of hydrogen-bond acceptors (Lipinski definition) is 14. The summed E-state index contributed by atoms with van der Waals surface area (Å²) in [4.78, 5) is 104. The number of nitrogens with zero attached hydrogens (tertiary/aromatic N) is 8. The van der Waals surface area contributed by atoms with Gasteiger partial charge in [0.05, 0.1) is 27.1 Å². The maximum Gasteiger partial charge on any atom is 0.255 e. The van der Waals surface area contributed by atoms with Crippen molar-refractivity contribution >= 4 is 75.7 Å². The number of fused-ring (bicyclic) bond motifs is 1. The van der Waals surface area contributed by atoms with Gasteiger partial charge in [-0.15, -0.1) is 0 Å². The fourth-order valence-electron chi connectivity index (χ4n) is 10.4. The number of aldehydes is 1. The summed E-state index contributed by atoms with van der Waals surface area (Å²) in [6.45, 7) is 7.11. The van der Waals surface area contributed by atoms with E-state index < -0.39 is 17.9 Å². The number of hydrogen-bond donors (Lipinski definition) is 3. The molecule has 0 bridgehead atoms. The first kappa shape index (κ1) is 48.9. The Morgan fingerprint density at radius 3 is 2.37 bits per heavy atom. The van der Waals surface area contributed by atoms with Gasteiger partial charge in [0.1, 0.15) is 41.2 Å². The standard InChI is InChI=1S/C54H56ClN11O7/c1-62(45-14-16-47(68)61-52(45)70)54(72)41-12-10-38(26-36(41)32-67)64-24-22-63(23-25-64)30-34-17-20-65(21-18-34)46-15-9-35(28-56-46)53(71)66-19-5-6-37(31-66)60-51-48-43(29-57-50(48)58-33-59-51)49(69)42-13-11-40(27-44(42)55)73-39-7-3-2-4-8-39/h2-4,7-13,15,26-29,32-34,37,45H,5-6,14,16-25,30-31H2,1H3,(H,61,68,70)(H2,57,58,59,60). The van der Waals surface area contributed by atoms with Crippen LogP contribution in [-0.2, 0) is 9.59 Å². The van der Waals surface area contributed by atoms with Crippen LogP contribution in [0, 0.1) is 5.92 Å². The van der Waals surface area contributed by atoms with E-state index in [1.54, 1.807) is 42.7 Å². The van der Waals surface area contributed by atoms with Gasteiger partial charge in [0.25, 0.3) is 11.8 Å². The van der Waals surface area contributed by atoms with Crippen molar-refractivity contribution in [2.24, 2.45) is 5.92 Å². The van der Waals surface area contributed by atoms with Crippen LogP contribution < -0.4 is 25.2 Å². The molecule has 4 amide bonds. The highest BCUT2D eigenvalue weighted by atomic mass is 35.5. The van der Waals surface area contributed by atoms with Gasteiger partial charge in [-0.2, -0.15) is 0 Å². The van der Waals surface area contributed by atoms with E-state index in [1.807, 2.05) is 53.4 Å². The topological polar surface area (TPSA) is 206 Å². The highest BCUT2D eigenvalue weighted by Crippen LogP contribution is 2.33. The lowest BCUT2D eigenvalue weighted by Gasteiger charge is -2.40. The van der Waals surface area contributed by atoms with Gasteiger partial charge >= 0.3 is 0 Å². The highest BCUT2D eigenvalue weighted by molar-refractivity contribution is 6.36. The van der Waals surface area contributed by atoms with Gasteiger partial charge in [-0.3, -0.25) is 39.0 Å². The maximum atomic E-state index is 14.0. The molecule has 0 aliphatic carbocycles. The summed E-state index contributed by atoms with van der Waals surface area (Å²) < 4.78 is 5.91. The first-order valence-corrected chi connectivity index (χ1v) is 25.2. The molecule has 73 heavy (non-hydrogen) atoms. The van der Waals surface area contributed by atoms with Crippen LogP contribution in [0.25, 0.3) is 11.0 Å². The smallest absolute Gasteiger partial charge is 0.255 e. The minimum absolute atomic E-state index is 0.0878. The number of benzene rings is 3. The molecule has 0 radical (unpaired) electrons. The van der Waals surface area contributed by atoms with Crippen molar-refractivity contribution in [2.75, 3.05) is 81.1 Å². The Labute approximate surface area is 427 Å². The van der Waals surface area contributed by atoms with E-state index in [1.165, 1.54) is 18.3 Å². The molecule has 2 atom stereocenters. The molecule has 6 aromatic rings. The summed E-state index contributed by atoms with van der Waals surface area (Å²) in [6, 6.07) is 22.5. The fraction of sp³-hybridized carbons (Fsp3) is 0.352. The van der Waals surface area contributed by atoms with Crippen LogP contribution in [0.5, 0.6) is 11.5 Å². The summed E-state index contributed by atoms with van der Waals surface area (Å²) >= 11 is 6.66. The van der Waals surface area contributed by atoms with Crippen LogP contribution in [0.2, 0.25) is 5.02 Å². The summed E-state index contributed by atoms with van der Waals surface area (Å²) in [5.41, 5.74) is 3.09. The molecule has 19 heteroatoms. The number of ether oxygens (including phenoxy) is 1. The number of anilines is 3. The third kappa shape index (κ3) is 10.8.